The second kappa shape index (κ2) is 9.96. The van der Waals surface area contributed by atoms with Crippen LogP contribution in [-0.4, -0.2) is 29.6 Å². The summed E-state index contributed by atoms with van der Waals surface area (Å²) in [6.45, 7) is 12.3. The minimum atomic E-state index is 0.215. The highest BCUT2D eigenvalue weighted by Gasteiger charge is 2.43. The molecule has 0 bridgehead atoms. The number of rotatable bonds is 7. The van der Waals surface area contributed by atoms with E-state index in [9.17, 15) is 0 Å². The molecule has 34 heavy (non-hydrogen) atoms. The summed E-state index contributed by atoms with van der Waals surface area (Å²) in [5.74, 6) is 1.56. The maximum absolute atomic E-state index is 5.54. The summed E-state index contributed by atoms with van der Waals surface area (Å²) >= 11 is 0. The number of likely N-dealkylation sites (tertiary alicyclic amines) is 1. The molecule has 0 unspecified atom stereocenters. The van der Waals surface area contributed by atoms with Gasteiger partial charge < -0.3 is 4.74 Å². The second-order valence-corrected chi connectivity index (χ2v) is 11.2. The molecule has 2 nitrogen and oxygen atoms in total. The third-order valence-electron chi connectivity index (χ3n) is 7.91. The Labute approximate surface area is 207 Å². The minimum absolute atomic E-state index is 0.215. The molecule has 0 spiro atoms. The van der Waals surface area contributed by atoms with Crippen molar-refractivity contribution in [2.75, 3.05) is 13.7 Å². The summed E-state index contributed by atoms with van der Waals surface area (Å²) in [4.78, 5) is 2.56. The van der Waals surface area contributed by atoms with E-state index >= 15 is 0 Å². The summed E-state index contributed by atoms with van der Waals surface area (Å²) < 4.78 is 5.54. The first-order valence-electron chi connectivity index (χ1n) is 12.8. The standard InChI is InChI=1S/C32H41NO/c1-7-34-30-20-12-25(13-21-30)9-8-24-10-14-26(15-11-24)27-16-18-28(19-17-27)29-22-31(2,3)33(6)32(4,5)23-29/h10-21,29H,7-9,22-23H2,1-6H3. The van der Waals surface area contributed by atoms with Crippen LogP contribution in [0.5, 0.6) is 5.75 Å². The van der Waals surface area contributed by atoms with E-state index in [2.05, 4.69) is 112 Å². The van der Waals surface area contributed by atoms with E-state index in [-0.39, 0.29) is 11.1 Å². The van der Waals surface area contributed by atoms with Crippen LogP contribution in [0.3, 0.4) is 0 Å². The molecule has 0 saturated carbocycles. The molecular weight excluding hydrogens is 414 g/mol. The number of nitrogens with zero attached hydrogens (tertiary/aromatic N) is 1. The summed E-state index contributed by atoms with van der Waals surface area (Å²) in [6, 6.07) is 26.9. The van der Waals surface area contributed by atoms with Crippen LogP contribution in [0.15, 0.2) is 72.8 Å². The highest BCUT2D eigenvalue weighted by atomic mass is 16.5. The lowest BCUT2D eigenvalue weighted by Crippen LogP contribution is -2.58. The van der Waals surface area contributed by atoms with Crippen LogP contribution in [0.2, 0.25) is 0 Å². The number of hydrogen-bond acceptors (Lipinski definition) is 2. The molecule has 0 N–H and O–H groups in total. The predicted molar refractivity (Wildman–Crippen MR) is 145 cm³/mol. The number of aryl methyl sites for hydroxylation is 2. The highest BCUT2D eigenvalue weighted by Crippen LogP contribution is 2.44. The van der Waals surface area contributed by atoms with E-state index in [0.29, 0.717) is 12.5 Å². The number of hydrogen-bond donors (Lipinski definition) is 0. The topological polar surface area (TPSA) is 12.5 Å². The predicted octanol–water partition coefficient (Wildman–Crippen LogP) is 7.90. The second-order valence-electron chi connectivity index (χ2n) is 11.2. The molecule has 1 heterocycles. The zero-order chi connectivity index (χ0) is 24.3. The van der Waals surface area contributed by atoms with Gasteiger partial charge in [-0.1, -0.05) is 60.7 Å². The number of benzene rings is 3. The zero-order valence-corrected chi connectivity index (χ0v) is 21.9. The first-order chi connectivity index (χ1) is 16.2. The molecule has 0 aliphatic carbocycles. The maximum Gasteiger partial charge on any atom is 0.119 e. The molecule has 0 amide bonds. The Kier molecular flexibility index (Phi) is 7.19. The normalized spacial score (nSPS) is 18.1. The number of ether oxygens (including phenoxy) is 1. The van der Waals surface area contributed by atoms with E-state index in [0.717, 1.165) is 18.6 Å². The van der Waals surface area contributed by atoms with Crippen LogP contribution in [0.25, 0.3) is 11.1 Å². The van der Waals surface area contributed by atoms with Crippen LogP contribution in [0, 0.1) is 0 Å². The van der Waals surface area contributed by atoms with Crippen LogP contribution in [0.1, 0.15) is 70.1 Å². The first-order valence-corrected chi connectivity index (χ1v) is 12.8. The van der Waals surface area contributed by atoms with Crippen molar-refractivity contribution in [3.05, 3.63) is 89.5 Å². The summed E-state index contributed by atoms with van der Waals surface area (Å²) in [5.41, 5.74) is 7.23. The van der Waals surface area contributed by atoms with Gasteiger partial charge in [0.1, 0.15) is 5.75 Å². The third-order valence-corrected chi connectivity index (χ3v) is 7.91. The van der Waals surface area contributed by atoms with Gasteiger partial charge in [-0.3, -0.25) is 4.90 Å². The van der Waals surface area contributed by atoms with E-state index in [1.165, 1.54) is 40.7 Å². The van der Waals surface area contributed by atoms with Crippen molar-refractivity contribution >= 4 is 0 Å². The molecule has 0 radical (unpaired) electrons. The van der Waals surface area contributed by atoms with Gasteiger partial charge in [-0.25, -0.2) is 0 Å². The average Bonchev–Trinajstić information content (AvgIpc) is 2.82. The van der Waals surface area contributed by atoms with Crippen molar-refractivity contribution in [2.45, 2.75) is 77.3 Å². The van der Waals surface area contributed by atoms with Gasteiger partial charge in [-0.05, 0) is 113 Å². The fraction of sp³-hybridized carbons (Fsp3) is 0.438. The Bertz CT molecular complexity index is 1040. The van der Waals surface area contributed by atoms with Gasteiger partial charge in [-0.2, -0.15) is 0 Å². The number of piperidine rings is 1. The van der Waals surface area contributed by atoms with Crippen LogP contribution in [0.4, 0.5) is 0 Å². The SMILES string of the molecule is CCOc1ccc(CCc2ccc(-c3ccc(C4CC(C)(C)N(C)C(C)(C)C4)cc3)cc2)cc1. The lowest BCUT2D eigenvalue weighted by molar-refractivity contribution is -0.0128. The zero-order valence-electron chi connectivity index (χ0n) is 21.9. The quantitative estimate of drug-likeness (QED) is 0.359. The average molecular weight is 456 g/mol. The molecular formula is C32H41NO. The van der Waals surface area contributed by atoms with Gasteiger partial charge in [0.15, 0.2) is 0 Å². The molecule has 3 aromatic carbocycles. The Balaban J connectivity index is 1.38. The Morgan fingerprint density at radius 1 is 0.706 bits per heavy atom. The Hall–Kier alpha value is -2.58. The van der Waals surface area contributed by atoms with Crippen molar-refractivity contribution in [3.8, 4) is 16.9 Å². The Morgan fingerprint density at radius 2 is 1.15 bits per heavy atom. The van der Waals surface area contributed by atoms with Gasteiger partial charge in [0.25, 0.3) is 0 Å². The van der Waals surface area contributed by atoms with Gasteiger partial charge in [-0.15, -0.1) is 0 Å². The maximum atomic E-state index is 5.54. The largest absolute Gasteiger partial charge is 0.494 e. The van der Waals surface area contributed by atoms with E-state index < -0.39 is 0 Å². The first kappa shape index (κ1) is 24.5. The van der Waals surface area contributed by atoms with Crippen LogP contribution >= 0.6 is 0 Å². The highest BCUT2D eigenvalue weighted by molar-refractivity contribution is 5.64. The summed E-state index contributed by atoms with van der Waals surface area (Å²) in [5, 5.41) is 0. The molecule has 1 aliphatic rings. The van der Waals surface area contributed by atoms with E-state index in [1.807, 2.05) is 6.92 Å². The molecule has 1 aliphatic heterocycles. The molecule has 2 heteroatoms. The van der Waals surface area contributed by atoms with Crippen molar-refractivity contribution in [2.24, 2.45) is 0 Å². The smallest absolute Gasteiger partial charge is 0.119 e. The molecule has 0 atom stereocenters. The van der Waals surface area contributed by atoms with E-state index in [1.54, 1.807) is 0 Å². The van der Waals surface area contributed by atoms with Gasteiger partial charge in [0.2, 0.25) is 0 Å². The van der Waals surface area contributed by atoms with Gasteiger partial charge in [0.05, 0.1) is 6.61 Å². The molecule has 1 saturated heterocycles. The van der Waals surface area contributed by atoms with Crippen LogP contribution < -0.4 is 4.74 Å². The van der Waals surface area contributed by atoms with Crippen molar-refractivity contribution in [1.29, 1.82) is 0 Å². The molecule has 4 rings (SSSR count). The van der Waals surface area contributed by atoms with Gasteiger partial charge >= 0.3 is 0 Å². The minimum Gasteiger partial charge on any atom is -0.494 e. The van der Waals surface area contributed by atoms with Crippen molar-refractivity contribution in [1.82, 2.24) is 4.90 Å². The monoisotopic (exact) mass is 455 g/mol. The van der Waals surface area contributed by atoms with Crippen molar-refractivity contribution in [3.63, 3.8) is 0 Å². The third kappa shape index (κ3) is 5.55. The fourth-order valence-corrected chi connectivity index (χ4v) is 5.63. The lowest BCUT2D eigenvalue weighted by atomic mass is 9.71. The molecule has 3 aromatic rings. The Morgan fingerprint density at radius 3 is 1.62 bits per heavy atom. The van der Waals surface area contributed by atoms with Crippen molar-refractivity contribution < 1.29 is 4.74 Å². The summed E-state index contributed by atoms with van der Waals surface area (Å²) in [7, 11) is 2.28. The van der Waals surface area contributed by atoms with Gasteiger partial charge in [0, 0.05) is 11.1 Å². The molecule has 180 valence electrons. The molecule has 0 aromatic heterocycles. The lowest BCUT2D eigenvalue weighted by Gasteiger charge is -2.54. The van der Waals surface area contributed by atoms with Crippen LogP contribution in [-0.2, 0) is 12.8 Å². The van der Waals surface area contributed by atoms with E-state index in [4.69, 9.17) is 4.74 Å². The summed E-state index contributed by atoms with van der Waals surface area (Å²) in [6.07, 6.45) is 4.50. The fourth-order valence-electron chi connectivity index (χ4n) is 5.63. The molecule has 1 fully saturated rings.